The van der Waals surface area contributed by atoms with Crippen LogP contribution >= 0.6 is 0 Å². The van der Waals surface area contributed by atoms with E-state index in [1.54, 1.807) is 0 Å². The number of carbonyl (C=O) groups excluding carboxylic acids is 2. The molecule has 5 nitrogen and oxygen atoms in total. The highest BCUT2D eigenvalue weighted by molar-refractivity contribution is 5.97. The molecule has 1 unspecified atom stereocenters. The third kappa shape index (κ3) is 6.37. The SMILES string of the molecule is CC(C)C(NC(=O)c1ccc(F)cc1)C(=O)NCCCN(C)c1ccccc1. The zero-order chi connectivity index (χ0) is 20.5. The van der Waals surface area contributed by atoms with Gasteiger partial charge in [-0.1, -0.05) is 32.0 Å². The van der Waals surface area contributed by atoms with Crippen LogP contribution in [0.15, 0.2) is 54.6 Å². The van der Waals surface area contributed by atoms with E-state index < -0.39 is 17.8 Å². The summed E-state index contributed by atoms with van der Waals surface area (Å²) in [6.45, 7) is 5.07. The van der Waals surface area contributed by atoms with Crippen LogP contribution in [0, 0.1) is 11.7 Å². The number of benzene rings is 2. The number of nitrogens with one attached hydrogen (secondary N) is 2. The Hall–Kier alpha value is -2.89. The molecule has 2 aromatic rings. The summed E-state index contributed by atoms with van der Waals surface area (Å²) in [5.41, 5.74) is 1.45. The Labute approximate surface area is 165 Å². The number of para-hydroxylation sites is 1. The van der Waals surface area contributed by atoms with Gasteiger partial charge in [0.25, 0.3) is 5.91 Å². The number of hydrogen-bond acceptors (Lipinski definition) is 3. The normalized spacial score (nSPS) is 11.8. The molecule has 2 amide bonds. The molecule has 0 fully saturated rings. The lowest BCUT2D eigenvalue weighted by Crippen LogP contribution is -2.50. The Kier molecular flexibility index (Phi) is 7.99. The maximum Gasteiger partial charge on any atom is 0.251 e. The number of anilines is 1. The van der Waals surface area contributed by atoms with Gasteiger partial charge in [0, 0.05) is 31.4 Å². The second-order valence-electron chi connectivity index (χ2n) is 7.10. The van der Waals surface area contributed by atoms with Crippen molar-refractivity contribution in [3.05, 3.63) is 66.0 Å². The highest BCUT2D eigenvalue weighted by Gasteiger charge is 2.24. The molecule has 6 heteroatoms. The van der Waals surface area contributed by atoms with Crippen molar-refractivity contribution in [1.29, 1.82) is 0 Å². The van der Waals surface area contributed by atoms with E-state index in [1.807, 2.05) is 51.2 Å². The average Bonchev–Trinajstić information content (AvgIpc) is 2.69. The molecule has 0 heterocycles. The predicted octanol–water partition coefficient (Wildman–Crippen LogP) is 3.22. The topological polar surface area (TPSA) is 61.4 Å². The fraction of sp³-hybridized carbons (Fsp3) is 0.364. The van der Waals surface area contributed by atoms with Crippen LogP contribution in [0.25, 0.3) is 0 Å². The second-order valence-corrected chi connectivity index (χ2v) is 7.10. The number of hydrogen-bond donors (Lipinski definition) is 2. The maximum absolute atomic E-state index is 13.0. The third-order valence-corrected chi connectivity index (χ3v) is 4.51. The van der Waals surface area contributed by atoms with Crippen LogP contribution in [0.2, 0.25) is 0 Å². The molecule has 0 saturated heterocycles. The van der Waals surface area contributed by atoms with Crippen LogP contribution in [0.3, 0.4) is 0 Å². The summed E-state index contributed by atoms with van der Waals surface area (Å²) in [6, 6.07) is 14.6. The van der Waals surface area contributed by atoms with Crippen LogP contribution in [0.4, 0.5) is 10.1 Å². The Bertz CT molecular complexity index is 763. The zero-order valence-electron chi connectivity index (χ0n) is 16.6. The van der Waals surface area contributed by atoms with Gasteiger partial charge in [-0.05, 0) is 48.7 Å². The van der Waals surface area contributed by atoms with Crippen molar-refractivity contribution >= 4 is 17.5 Å². The first kappa shape index (κ1) is 21.4. The van der Waals surface area contributed by atoms with Crippen molar-refractivity contribution in [2.75, 3.05) is 25.0 Å². The number of amides is 2. The smallest absolute Gasteiger partial charge is 0.251 e. The van der Waals surface area contributed by atoms with Crippen LogP contribution in [0.5, 0.6) is 0 Å². The summed E-state index contributed by atoms with van der Waals surface area (Å²) in [5, 5.41) is 5.64. The van der Waals surface area contributed by atoms with E-state index in [-0.39, 0.29) is 11.8 Å². The van der Waals surface area contributed by atoms with Crippen LogP contribution in [-0.2, 0) is 4.79 Å². The molecule has 0 saturated carbocycles. The van der Waals surface area contributed by atoms with Crippen molar-refractivity contribution in [1.82, 2.24) is 10.6 Å². The summed E-state index contributed by atoms with van der Waals surface area (Å²) in [5.74, 6) is -1.09. The molecule has 0 aliphatic rings. The highest BCUT2D eigenvalue weighted by Crippen LogP contribution is 2.11. The molecule has 28 heavy (non-hydrogen) atoms. The molecular formula is C22H28FN3O2. The molecule has 0 aromatic heterocycles. The molecule has 0 aliphatic heterocycles. The molecule has 2 N–H and O–H groups in total. The lowest BCUT2D eigenvalue weighted by molar-refractivity contribution is -0.123. The summed E-state index contributed by atoms with van der Waals surface area (Å²) in [6.07, 6.45) is 0.786. The Morgan fingerprint density at radius 2 is 1.68 bits per heavy atom. The van der Waals surface area contributed by atoms with E-state index in [0.717, 1.165) is 18.7 Å². The van der Waals surface area contributed by atoms with Gasteiger partial charge in [0.1, 0.15) is 11.9 Å². The lowest BCUT2D eigenvalue weighted by atomic mass is 10.0. The minimum Gasteiger partial charge on any atom is -0.375 e. The summed E-state index contributed by atoms with van der Waals surface area (Å²) < 4.78 is 13.0. The number of rotatable bonds is 9. The molecule has 0 radical (unpaired) electrons. The third-order valence-electron chi connectivity index (χ3n) is 4.51. The molecule has 1 atom stereocenters. The molecule has 2 aromatic carbocycles. The Morgan fingerprint density at radius 3 is 2.29 bits per heavy atom. The summed E-state index contributed by atoms with van der Waals surface area (Å²) >= 11 is 0. The van der Waals surface area contributed by atoms with Crippen molar-refractivity contribution in [3.8, 4) is 0 Å². The summed E-state index contributed by atoms with van der Waals surface area (Å²) in [7, 11) is 2.01. The average molecular weight is 385 g/mol. The van der Waals surface area contributed by atoms with E-state index in [9.17, 15) is 14.0 Å². The number of carbonyl (C=O) groups is 2. The minimum atomic E-state index is -0.649. The molecule has 2 rings (SSSR count). The molecule has 0 bridgehead atoms. The van der Waals surface area contributed by atoms with Crippen molar-refractivity contribution in [2.45, 2.75) is 26.3 Å². The van der Waals surface area contributed by atoms with Crippen molar-refractivity contribution in [2.24, 2.45) is 5.92 Å². The van der Waals surface area contributed by atoms with Crippen LogP contribution < -0.4 is 15.5 Å². The van der Waals surface area contributed by atoms with Gasteiger partial charge in [-0.2, -0.15) is 0 Å². The van der Waals surface area contributed by atoms with Crippen molar-refractivity contribution in [3.63, 3.8) is 0 Å². The van der Waals surface area contributed by atoms with Crippen LogP contribution in [-0.4, -0.2) is 38.0 Å². The molecule has 0 aliphatic carbocycles. The lowest BCUT2D eigenvalue weighted by Gasteiger charge is -2.23. The van der Waals surface area contributed by atoms with E-state index in [0.29, 0.717) is 12.1 Å². The van der Waals surface area contributed by atoms with E-state index in [4.69, 9.17) is 0 Å². The Morgan fingerprint density at radius 1 is 1.04 bits per heavy atom. The fourth-order valence-corrected chi connectivity index (χ4v) is 2.81. The maximum atomic E-state index is 13.0. The van der Waals surface area contributed by atoms with Gasteiger partial charge in [0.2, 0.25) is 5.91 Å². The Balaban J connectivity index is 1.82. The van der Waals surface area contributed by atoms with Gasteiger partial charge >= 0.3 is 0 Å². The predicted molar refractivity (Wildman–Crippen MR) is 110 cm³/mol. The van der Waals surface area contributed by atoms with E-state index in [2.05, 4.69) is 15.5 Å². The first-order valence-corrected chi connectivity index (χ1v) is 9.49. The first-order valence-electron chi connectivity index (χ1n) is 9.49. The quantitative estimate of drug-likeness (QED) is 0.652. The minimum absolute atomic E-state index is 0.0728. The zero-order valence-corrected chi connectivity index (χ0v) is 16.6. The van der Waals surface area contributed by atoms with E-state index in [1.165, 1.54) is 24.3 Å². The highest BCUT2D eigenvalue weighted by atomic mass is 19.1. The van der Waals surface area contributed by atoms with Gasteiger partial charge in [0.15, 0.2) is 0 Å². The fourth-order valence-electron chi connectivity index (χ4n) is 2.81. The van der Waals surface area contributed by atoms with Gasteiger partial charge in [-0.3, -0.25) is 9.59 Å². The first-order chi connectivity index (χ1) is 13.4. The van der Waals surface area contributed by atoms with Crippen molar-refractivity contribution < 1.29 is 14.0 Å². The van der Waals surface area contributed by atoms with Gasteiger partial charge < -0.3 is 15.5 Å². The van der Waals surface area contributed by atoms with Gasteiger partial charge in [-0.15, -0.1) is 0 Å². The van der Waals surface area contributed by atoms with E-state index >= 15 is 0 Å². The van der Waals surface area contributed by atoms with Gasteiger partial charge in [0.05, 0.1) is 0 Å². The largest absolute Gasteiger partial charge is 0.375 e. The molecule has 0 spiro atoms. The van der Waals surface area contributed by atoms with Gasteiger partial charge in [-0.25, -0.2) is 4.39 Å². The molecular weight excluding hydrogens is 357 g/mol. The number of nitrogens with zero attached hydrogens (tertiary/aromatic N) is 1. The standard InChI is InChI=1S/C22H28FN3O2/c1-16(2)20(25-21(27)17-10-12-18(23)13-11-17)22(28)24-14-7-15-26(3)19-8-5-4-6-9-19/h4-6,8-13,16,20H,7,14-15H2,1-3H3,(H,24,28)(H,25,27). The summed E-state index contributed by atoms with van der Waals surface area (Å²) in [4.78, 5) is 27.0. The van der Waals surface area contributed by atoms with Crippen LogP contribution in [0.1, 0.15) is 30.6 Å². The monoisotopic (exact) mass is 385 g/mol. The number of halogens is 1. The molecule has 150 valence electrons. The second kappa shape index (κ2) is 10.4.